The van der Waals surface area contributed by atoms with Crippen LogP contribution in [0, 0.1) is 13.8 Å². The van der Waals surface area contributed by atoms with Crippen molar-refractivity contribution in [3.63, 3.8) is 0 Å². The molecule has 2 N–H and O–H groups in total. The molecule has 1 rings (SSSR count). The average molecular weight is 281 g/mol. The Bertz CT molecular complexity index is 488. The van der Waals surface area contributed by atoms with Crippen molar-refractivity contribution < 1.29 is 14.7 Å². The van der Waals surface area contributed by atoms with Crippen LogP contribution in [-0.2, 0) is 9.59 Å². The Morgan fingerprint density at radius 3 is 2.47 bits per heavy atom. The molecule has 1 aromatic carbocycles. The van der Waals surface area contributed by atoms with E-state index in [1.165, 1.54) is 11.8 Å². The number of hydrogen-bond donors (Lipinski definition) is 2. The van der Waals surface area contributed by atoms with Crippen molar-refractivity contribution in [2.45, 2.75) is 32.1 Å². The molecule has 0 spiro atoms. The van der Waals surface area contributed by atoms with Crippen LogP contribution in [0.15, 0.2) is 18.2 Å². The number of amides is 1. The highest BCUT2D eigenvalue weighted by atomic mass is 32.2. The molecule has 0 saturated carbocycles. The zero-order valence-corrected chi connectivity index (χ0v) is 12.4. The molecule has 5 heteroatoms. The molecule has 2 atom stereocenters. The molecule has 0 aliphatic carbocycles. The smallest absolute Gasteiger partial charge is 0.330 e. The number of carboxylic acids is 1. The second-order valence-corrected chi connectivity index (χ2v) is 5.63. The van der Waals surface area contributed by atoms with Crippen LogP contribution < -0.4 is 5.32 Å². The third-order valence-corrected chi connectivity index (χ3v) is 4.14. The Morgan fingerprint density at radius 2 is 1.95 bits per heavy atom. The van der Waals surface area contributed by atoms with E-state index < -0.39 is 12.0 Å². The first-order valence-corrected chi connectivity index (χ1v) is 7.29. The Hall–Kier alpha value is -1.49. The van der Waals surface area contributed by atoms with Crippen molar-refractivity contribution in [3.05, 3.63) is 34.9 Å². The molecule has 0 heterocycles. The molecule has 0 radical (unpaired) electrons. The van der Waals surface area contributed by atoms with Gasteiger partial charge in [0.25, 0.3) is 0 Å². The Balaban J connectivity index is 3.05. The first-order valence-electron chi connectivity index (χ1n) is 6.00. The van der Waals surface area contributed by atoms with E-state index in [-0.39, 0.29) is 11.2 Å². The third kappa shape index (κ3) is 3.73. The van der Waals surface area contributed by atoms with Crippen molar-refractivity contribution in [1.82, 2.24) is 5.32 Å². The van der Waals surface area contributed by atoms with Crippen LogP contribution in [0.4, 0.5) is 0 Å². The van der Waals surface area contributed by atoms with Crippen LogP contribution in [0.25, 0.3) is 0 Å². The lowest BCUT2D eigenvalue weighted by Gasteiger charge is -2.19. The summed E-state index contributed by atoms with van der Waals surface area (Å²) in [6.07, 6.45) is 1.82. The first-order chi connectivity index (χ1) is 8.88. The fourth-order valence-corrected chi connectivity index (χ4v) is 2.01. The molecular weight excluding hydrogens is 262 g/mol. The summed E-state index contributed by atoms with van der Waals surface area (Å²) in [7, 11) is 0. The molecule has 0 aliphatic rings. The molecule has 1 aromatic rings. The molecule has 0 bridgehead atoms. The number of aryl methyl sites for hydroxylation is 1. The topological polar surface area (TPSA) is 66.4 Å². The number of thioether (sulfide) groups is 1. The lowest BCUT2D eigenvalue weighted by molar-refractivity contribution is -0.141. The van der Waals surface area contributed by atoms with Crippen molar-refractivity contribution in [2.75, 3.05) is 6.26 Å². The number of nitrogens with one attached hydrogen (secondary N) is 1. The van der Waals surface area contributed by atoms with E-state index >= 15 is 0 Å². The first kappa shape index (κ1) is 15.6. The van der Waals surface area contributed by atoms with Gasteiger partial charge in [-0.2, -0.15) is 11.8 Å². The van der Waals surface area contributed by atoms with E-state index in [0.717, 1.165) is 11.1 Å². The fraction of sp³-hybridized carbons (Fsp3) is 0.429. The number of hydrogen-bond acceptors (Lipinski definition) is 3. The lowest BCUT2D eigenvalue weighted by Crippen LogP contribution is -2.38. The predicted molar refractivity (Wildman–Crippen MR) is 77.4 cm³/mol. The molecule has 19 heavy (non-hydrogen) atoms. The number of rotatable bonds is 5. The number of benzene rings is 1. The van der Waals surface area contributed by atoms with Gasteiger partial charge in [-0.25, -0.2) is 4.79 Å². The van der Waals surface area contributed by atoms with Crippen LogP contribution in [-0.4, -0.2) is 28.5 Å². The average Bonchev–Trinajstić information content (AvgIpc) is 2.38. The van der Waals surface area contributed by atoms with Crippen LogP contribution in [0.5, 0.6) is 0 Å². The summed E-state index contributed by atoms with van der Waals surface area (Å²) in [6, 6.07) is 4.47. The van der Waals surface area contributed by atoms with Crippen LogP contribution in [0.2, 0.25) is 0 Å². The summed E-state index contributed by atoms with van der Waals surface area (Å²) in [4.78, 5) is 23.3. The van der Waals surface area contributed by atoms with Gasteiger partial charge in [0.15, 0.2) is 6.04 Å². The zero-order valence-electron chi connectivity index (χ0n) is 11.6. The maximum atomic E-state index is 11.9. The molecule has 0 aromatic heterocycles. The molecule has 2 unspecified atom stereocenters. The second-order valence-electron chi connectivity index (χ2n) is 4.45. The number of carbonyl (C=O) groups is 2. The van der Waals surface area contributed by atoms with Gasteiger partial charge in [0.2, 0.25) is 5.91 Å². The molecular formula is C14H19NO3S. The van der Waals surface area contributed by atoms with Crippen molar-refractivity contribution in [3.8, 4) is 0 Å². The van der Waals surface area contributed by atoms with E-state index in [9.17, 15) is 14.7 Å². The van der Waals surface area contributed by atoms with E-state index in [0.29, 0.717) is 5.56 Å². The third-order valence-electron chi connectivity index (χ3n) is 3.21. The minimum atomic E-state index is -1.05. The maximum Gasteiger partial charge on any atom is 0.330 e. The van der Waals surface area contributed by atoms with Crippen molar-refractivity contribution in [1.29, 1.82) is 0 Å². The van der Waals surface area contributed by atoms with Crippen LogP contribution in [0.1, 0.15) is 29.7 Å². The van der Waals surface area contributed by atoms with Crippen LogP contribution in [0.3, 0.4) is 0 Å². The Labute approximate surface area is 117 Å². The number of carboxylic acid groups (broad SMARTS) is 1. The van der Waals surface area contributed by atoms with Crippen molar-refractivity contribution >= 4 is 23.6 Å². The summed E-state index contributed by atoms with van der Waals surface area (Å²) in [5.74, 6) is -1.31. The van der Waals surface area contributed by atoms with Gasteiger partial charge < -0.3 is 10.4 Å². The molecule has 1 amide bonds. The quantitative estimate of drug-likeness (QED) is 0.869. The van der Waals surface area contributed by atoms with Gasteiger partial charge in [-0.1, -0.05) is 18.2 Å². The lowest BCUT2D eigenvalue weighted by atomic mass is 9.97. The van der Waals surface area contributed by atoms with E-state index in [1.54, 1.807) is 19.1 Å². The molecule has 0 fully saturated rings. The van der Waals surface area contributed by atoms with Gasteiger partial charge in [-0.05, 0) is 43.7 Å². The number of aliphatic carboxylic acids is 1. The predicted octanol–water partition coefficient (Wildman–Crippen LogP) is 2.30. The Morgan fingerprint density at radius 1 is 1.32 bits per heavy atom. The van der Waals surface area contributed by atoms with Gasteiger partial charge in [-0.3, -0.25) is 4.79 Å². The van der Waals surface area contributed by atoms with Gasteiger partial charge in [0.1, 0.15) is 0 Å². The van der Waals surface area contributed by atoms with E-state index in [2.05, 4.69) is 5.32 Å². The highest BCUT2D eigenvalue weighted by Crippen LogP contribution is 2.21. The number of carbonyl (C=O) groups excluding carboxylic acids is 1. The Kier molecular flexibility index (Phi) is 5.42. The summed E-state index contributed by atoms with van der Waals surface area (Å²) >= 11 is 1.38. The largest absolute Gasteiger partial charge is 0.479 e. The zero-order chi connectivity index (χ0) is 14.6. The van der Waals surface area contributed by atoms with Gasteiger partial charge in [0, 0.05) is 0 Å². The highest BCUT2D eigenvalue weighted by molar-refractivity contribution is 7.99. The van der Waals surface area contributed by atoms with E-state index in [4.69, 9.17) is 0 Å². The summed E-state index contributed by atoms with van der Waals surface area (Å²) in [5, 5.41) is 11.6. The normalized spacial score (nSPS) is 13.7. The summed E-state index contributed by atoms with van der Waals surface area (Å²) in [6.45, 7) is 5.54. The summed E-state index contributed by atoms with van der Waals surface area (Å²) in [5.41, 5.74) is 2.54. The van der Waals surface area contributed by atoms with Gasteiger partial charge >= 0.3 is 5.97 Å². The second kappa shape index (κ2) is 6.61. The summed E-state index contributed by atoms with van der Waals surface area (Å²) < 4.78 is 0. The highest BCUT2D eigenvalue weighted by Gasteiger charge is 2.25. The maximum absolute atomic E-state index is 11.9. The molecule has 0 aliphatic heterocycles. The SMILES string of the molecule is CSC(C)C(=O)NC(C(=O)O)c1cccc(C)c1C. The monoisotopic (exact) mass is 281 g/mol. The minimum absolute atomic E-state index is 0.263. The van der Waals surface area contributed by atoms with Gasteiger partial charge in [0.05, 0.1) is 5.25 Å². The molecule has 4 nitrogen and oxygen atoms in total. The van der Waals surface area contributed by atoms with Gasteiger partial charge in [-0.15, -0.1) is 0 Å². The van der Waals surface area contributed by atoms with Crippen molar-refractivity contribution in [2.24, 2.45) is 0 Å². The van der Waals surface area contributed by atoms with Crippen LogP contribution >= 0.6 is 11.8 Å². The van der Waals surface area contributed by atoms with E-state index in [1.807, 2.05) is 26.2 Å². The standard InChI is InChI=1S/C14H19NO3S/c1-8-6-5-7-11(9(8)2)12(14(17)18)15-13(16)10(3)19-4/h5-7,10,12H,1-4H3,(H,15,16)(H,17,18). The minimum Gasteiger partial charge on any atom is -0.479 e. The molecule has 104 valence electrons. The molecule has 0 saturated heterocycles. The fourth-order valence-electron chi connectivity index (χ4n) is 1.73.